The average Bonchev–Trinajstić information content (AvgIpc) is 3.35. The largest absolute Gasteiger partial charge is 0.488 e. The van der Waals surface area contributed by atoms with E-state index in [1.165, 1.54) is 30.2 Å². The number of nitrogens with zero attached hydrogens (tertiary/aromatic N) is 2. The predicted molar refractivity (Wildman–Crippen MR) is 157 cm³/mol. The number of benzene rings is 2. The summed E-state index contributed by atoms with van der Waals surface area (Å²) in [6, 6.07) is 8.85. The third-order valence-corrected chi connectivity index (χ3v) is 8.85. The van der Waals surface area contributed by atoms with E-state index < -0.39 is 35.6 Å². The van der Waals surface area contributed by atoms with E-state index in [1.54, 1.807) is 26.8 Å². The van der Waals surface area contributed by atoms with Crippen molar-refractivity contribution >= 4 is 23.7 Å². The van der Waals surface area contributed by atoms with Gasteiger partial charge in [0.15, 0.2) is 0 Å². The summed E-state index contributed by atoms with van der Waals surface area (Å²) in [5.41, 5.74) is 0.814. The van der Waals surface area contributed by atoms with E-state index in [1.807, 2.05) is 12.1 Å². The molecular weight excluding hydrogens is 566 g/mol. The third kappa shape index (κ3) is 7.17. The van der Waals surface area contributed by atoms with E-state index in [0.29, 0.717) is 12.0 Å². The number of rotatable bonds is 7. The van der Waals surface area contributed by atoms with Crippen LogP contribution in [0.5, 0.6) is 5.75 Å². The Labute approximate surface area is 252 Å². The number of hydrogen-bond acceptors (Lipinski definition) is 6. The number of hydrogen-bond donors (Lipinski definition) is 0. The fraction of sp³-hybridized carbons (Fsp3) is 0.562. The summed E-state index contributed by atoms with van der Waals surface area (Å²) in [7, 11) is 5.36. The molecule has 1 amide bonds. The van der Waals surface area contributed by atoms with E-state index in [2.05, 4.69) is 19.0 Å². The number of carbonyl (C=O) groups is 2. The number of methoxy groups -OCH3 is 1. The Morgan fingerprint density at radius 2 is 1.74 bits per heavy atom. The normalized spacial score (nSPS) is 24.5. The highest BCUT2D eigenvalue weighted by molar-refractivity contribution is 6.31. The van der Waals surface area contributed by atoms with Crippen LogP contribution in [0.1, 0.15) is 64.0 Å². The number of likely N-dealkylation sites (tertiary alicyclic amines) is 1. The van der Waals surface area contributed by atoms with Crippen molar-refractivity contribution in [2.45, 2.75) is 82.6 Å². The number of esters is 1. The molecular formula is C32H41ClF2N2O5. The summed E-state index contributed by atoms with van der Waals surface area (Å²) in [5, 5.41) is 0.0690. The van der Waals surface area contributed by atoms with Gasteiger partial charge >= 0.3 is 12.1 Å². The van der Waals surface area contributed by atoms with Gasteiger partial charge in [0, 0.05) is 18.0 Å². The first kappa shape index (κ1) is 32.0. The van der Waals surface area contributed by atoms with Crippen molar-refractivity contribution in [3.8, 4) is 5.75 Å². The standard InChI is InChI=1S/C32H41ClF2N2O5/c1-31(2,3)42-30(39)37-19-25(18-27(37)29(38)40-6)41-24-16-21(28(33)26(35)17-24)15-20-11-13-32(14-12-20,36(4)5)22-7-9-23(34)10-8-22/h7-10,16-17,20,25,27H,11-15,18-19H2,1-6H3/t20-,25-,27-,32-/m0/s1. The van der Waals surface area contributed by atoms with E-state index in [-0.39, 0.29) is 41.0 Å². The topological polar surface area (TPSA) is 68.3 Å². The Kier molecular flexibility index (Phi) is 9.72. The summed E-state index contributed by atoms with van der Waals surface area (Å²) < 4.78 is 45.1. The summed E-state index contributed by atoms with van der Waals surface area (Å²) in [6.45, 7) is 5.33. The molecule has 1 heterocycles. The molecule has 230 valence electrons. The highest BCUT2D eigenvalue weighted by Gasteiger charge is 2.43. The Hall–Kier alpha value is -2.91. The van der Waals surface area contributed by atoms with Crippen molar-refractivity contribution in [2.24, 2.45) is 5.92 Å². The van der Waals surface area contributed by atoms with Crippen molar-refractivity contribution in [3.63, 3.8) is 0 Å². The highest BCUT2D eigenvalue weighted by atomic mass is 35.5. The summed E-state index contributed by atoms with van der Waals surface area (Å²) >= 11 is 6.42. The SMILES string of the molecule is COC(=O)[C@@H]1C[C@H](Oc2cc(F)c(Cl)c(C[C@H]3CC[C@](c4ccc(F)cc4)(N(C)C)CC3)c2)CN1C(=O)OC(C)(C)C. The molecule has 4 rings (SSSR count). The first-order chi connectivity index (χ1) is 19.7. The van der Waals surface area contributed by atoms with E-state index in [0.717, 1.165) is 31.2 Å². The van der Waals surface area contributed by atoms with E-state index in [4.69, 9.17) is 25.8 Å². The van der Waals surface area contributed by atoms with Crippen LogP contribution in [-0.4, -0.2) is 67.4 Å². The minimum absolute atomic E-state index is 0.0690. The first-order valence-electron chi connectivity index (χ1n) is 14.4. The van der Waals surface area contributed by atoms with E-state index >= 15 is 0 Å². The minimum atomic E-state index is -0.869. The second-order valence-electron chi connectivity index (χ2n) is 12.6. The van der Waals surface area contributed by atoms with Crippen molar-refractivity contribution in [1.29, 1.82) is 0 Å². The molecule has 0 spiro atoms. The monoisotopic (exact) mass is 606 g/mol. The Morgan fingerprint density at radius 1 is 1.10 bits per heavy atom. The molecule has 7 nitrogen and oxygen atoms in total. The van der Waals surface area contributed by atoms with Gasteiger partial charge in [-0.05, 0) is 102 Å². The zero-order valence-electron chi connectivity index (χ0n) is 25.2. The lowest BCUT2D eigenvalue weighted by molar-refractivity contribution is -0.145. The number of halogens is 3. The van der Waals surface area contributed by atoms with Gasteiger partial charge in [-0.15, -0.1) is 0 Å². The van der Waals surface area contributed by atoms with Gasteiger partial charge < -0.3 is 14.2 Å². The van der Waals surface area contributed by atoms with Crippen molar-refractivity contribution in [2.75, 3.05) is 27.7 Å². The Bertz CT molecular complexity index is 1270. The lowest BCUT2D eigenvalue weighted by Gasteiger charge is -2.45. The molecule has 1 saturated heterocycles. The smallest absolute Gasteiger partial charge is 0.411 e. The first-order valence-corrected chi connectivity index (χ1v) is 14.8. The van der Waals surface area contributed by atoms with Crippen LogP contribution in [-0.2, 0) is 26.2 Å². The second-order valence-corrected chi connectivity index (χ2v) is 13.0. The van der Waals surface area contributed by atoms with Gasteiger partial charge in [-0.1, -0.05) is 23.7 Å². The molecule has 2 aromatic rings. The number of ether oxygens (including phenoxy) is 3. The van der Waals surface area contributed by atoms with Gasteiger partial charge in [0.05, 0.1) is 18.7 Å². The maximum absolute atomic E-state index is 15.0. The lowest BCUT2D eigenvalue weighted by Crippen LogP contribution is -2.44. The van der Waals surface area contributed by atoms with Crippen molar-refractivity contribution < 1.29 is 32.6 Å². The molecule has 0 unspecified atom stereocenters. The molecule has 0 N–H and O–H groups in total. The Balaban J connectivity index is 1.46. The average molecular weight is 607 g/mol. The van der Waals surface area contributed by atoms with Crippen LogP contribution in [0.3, 0.4) is 0 Å². The van der Waals surface area contributed by atoms with Gasteiger partial charge in [-0.2, -0.15) is 0 Å². The predicted octanol–water partition coefficient (Wildman–Crippen LogP) is 6.74. The molecule has 1 aliphatic heterocycles. The molecule has 42 heavy (non-hydrogen) atoms. The molecule has 0 bridgehead atoms. The molecule has 2 aromatic carbocycles. The zero-order valence-corrected chi connectivity index (χ0v) is 26.0. The molecule has 2 atom stereocenters. The molecule has 0 radical (unpaired) electrons. The molecule has 0 aromatic heterocycles. The maximum Gasteiger partial charge on any atom is 0.411 e. The molecule has 2 aliphatic rings. The van der Waals surface area contributed by atoms with Crippen LogP contribution >= 0.6 is 11.6 Å². The quantitative estimate of drug-likeness (QED) is 0.325. The number of carbonyl (C=O) groups excluding carboxylic acids is 2. The van der Waals surface area contributed by atoms with Gasteiger partial charge in [-0.3, -0.25) is 9.80 Å². The molecule has 1 aliphatic carbocycles. The van der Waals surface area contributed by atoms with Crippen LogP contribution in [0.25, 0.3) is 0 Å². The van der Waals surface area contributed by atoms with Crippen LogP contribution in [0.15, 0.2) is 36.4 Å². The van der Waals surface area contributed by atoms with Gasteiger partial charge in [0.2, 0.25) is 0 Å². The van der Waals surface area contributed by atoms with Gasteiger partial charge in [-0.25, -0.2) is 18.4 Å². The van der Waals surface area contributed by atoms with Crippen molar-refractivity contribution in [3.05, 3.63) is 64.2 Å². The molecule has 10 heteroatoms. The fourth-order valence-electron chi connectivity index (χ4n) is 6.22. The second kappa shape index (κ2) is 12.8. The van der Waals surface area contributed by atoms with Crippen LogP contribution < -0.4 is 4.74 Å². The lowest BCUT2D eigenvalue weighted by atomic mass is 9.70. The maximum atomic E-state index is 15.0. The van der Waals surface area contributed by atoms with Crippen LogP contribution in [0, 0.1) is 17.6 Å². The van der Waals surface area contributed by atoms with E-state index in [9.17, 15) is 18.4 Å². The van der Waals surface area contributed by atoms with Crippen LogP contribution in [0.4, 0.5) is 13.6 Å². The highest BCUT2D eigenvalue weighted by Crippen LogP contribution is 2.44. The Morgan fingerprint density at radius 3 is 2.31 bits per heavy atom. The third-order valence-electron chi connectivity index (χ3n) is 8.42. The fourth-order valence-corrected chi connectivity index (χ4v) is 6.40. The number of amides is 1. The summed E-state index contributed by atoms with van der Waals surface area (Å²) in [5.74, 6) is -0.835. The summed E-state index contributed by atoms with van der Waals surface area (Å²) in [4.78, 5) is 28.7. The van der Waals surface area contributed by atoms with Gasteiger partial charge in [0.25, 0.3) is 0 Å². The van der Waals surface area contributed by atoms with Crippen molar-refractivity contribution in [1.82, 2.24) is 9.80 Å². The van der Waals surface area contributed by atoms with Gasteiger partial charge in [0.1, 0.15) is 35.1 Å². The zero-order chi connectivity index (χ0) is 30.8. The molecule has 1 saturated carbocycles. The molecule has 2 fully saturated rings. The van der Waals surface area contributed by atoms with Crippen LogP contribution in [0.2, 0.25) is 5.02 Å². The minimum Gasteiger partial charge on any atom is -0.488 e. The summed E-state index contributed by atoms with van der Waals surface area (Å²) in [6.07, 6.45) is 3.11.